The van der Waals surface area contributed by atoms with Crippen LogP contribution in [0.5, 0.6) is 0 Å². The van der Waals surface area contributed by atoms with Crippen molar-refractivity contribution in [1.29, 1.82) is 0 Å². The molecule has 2 atom stereocenters. The quantitative estimate of drug-likeness (QED) is 0.894. The predicted molar refractivity (Wildman–Crippen MR) is 86.6 cm³/mol. The third kappa shape index (κ3) is 2.35. The van der Waals surface area contributed by atoms with E-state index in [2.05, 4.69) is 15.9 Å². The molecule has 1 N–H and O–H groups in total. The lowest BCUT2D eigenvalue weighted by Crippen LogP contribution is -2.52. The molecule has 5 heteroatoms. The summed E-state index contributed by atoms with van der Waals surface area (Å²) in [6.45, 7) is 2.41. The number of hydrogen-bond donors (Lipinski definition) is 1. The van der Waals surface area contributed by atoms with Gasteiger partial charge in [-0.25, -0.2) is 0 Å². The van der Waals surface area contributed by atoms with E-state index in [1.165, 1.54) is 0 Å². The van der Waals surface area contributed by atoms with Crippen LogP contribution in [0, 0.1) is 5.92 Å². The van der Waals surface area contributed by atoms with Crippen molar-refractivity contribution in [3.8, 4) is 0 Å². The van der Waals surface area contributed by atoms with Gasteiger partial charge in [0, 0.05) is 17.1 Å². The molecule has 0 spiro atoms. The predicted octanol–water partition coefficient (Wildman–Crippen LogP) is 3.19. The van der Waals surface area contributed by atoms with E-state index in [0.717, 1.165) is 29.3 Å². The van der Waals surface area contributed by atoms with Gasteiger partial charge in [-0.2, -0.15) is 0 Å². The lowest BCUT2D eigenvalue weighted by molar-refractivity contribution is -0.145. The molecule has 1 heterocycles. The molecule has 1 saturated carbocycles. The van der Waals surface area contributed by atoms with E-state index in [1.54, 1.807) is 4.90 Å². The van der Waals surface area contributed by atoms with Crippen LogP contribution in [0.2, 0.25) is 0 Å². The number of benzene rings is 1. The first-order chi connectivity index (χ1) is 10.5. The van der Waals surface area contributed by atoms with Gasteiger partial charge in [-0.1, -0.05) is 34.5 Å². The van der Waals surface area contributed by atoms with Gasteiger partial charge in [0.05, 0.1) is 11.3 Å². The molecule has 4 nitrogen and oxygen atoms in total. The van der Waals surface area contributed by atoms with Gasteiger partial charge >= 0.3 is 5.97 Å². The second-order valence-corrected chi connectivity index (χ2v) is 7.33. The SMILES string of the molecule is CC1C(C(=O)O)CCN1C(=O)C1(c2ccc(Br)cc2)CCC1. The largest absolute Gasteiger partial charge is 0.481 e. The maximum absolute atomic E-state index is 13.1. The van der Waals surface area contributed by atoms with Crippen molar-refractivity contribution in [3.05, 3.63) is 34.3 Å². The van der Waals surface area contributed by atoms with Gasteiger partial charge in [-0.3, -0.25) is 9.59 Å². The van der Waals surface area contributed by atoms with Crippen LogP contribution >= 0.6 is 15.9 Å². The first-order valence-corrected chi connectivity index (χ1v) is 8.55. The first-order valence-electron chi connectivity index (χ1n) is 7.75. The molecule has 118 valence electrons. The number of carboxylic acid groups (broad SMARTS) is 1. The number of likely N-dealkylation sites (tertiary alicyclic amines) is 1. The minimum Gasteiger partial charge on any atom is -0.481 e. The molecule has 1 amide bonds. The summed E-state index contributed by atoms with van der Waals surface area (Å²) in [6.07, 6.45) is 3.31. The summed E-state index contributed by atoms with van der Waals surface area (Å²) in [5.74, 6) is -1.13. The van der Waals surface area contributed by atoms with E-state index in [4.69, 9.17) is 0 Å². The zero-order valence-electron chi connectivity index (χ0n) is 12.6. The Morgan fingerprint density at radius 3 is 2.36 bits per heavy atom. The lowest BCUT2D eigenvalue weighted by atomic mass is 9.63. The van der Waals surface area contributed by atoms with Crippen molar-refractivity contribution < 1.29 is 14.7 Å². The zero-order chi connectivity index (χ0) is 15.9. The summed E-state index contributed by atoms with van der Waals surface area (Å²) in [6, 6.07) is 7.73. The molecule has 22 heavy (non-hydrogen) atoms. The highest BCUT2D eigenvalue weighted by Gasteiger charge is 2.51. The number of hydrogen-bond acceptors (Lipinski definition) is 2. The first kappa shape index (κ1) is 15.5. The molecule has 0 bridgehead atoms. The summed E-state index contributed by atoms with van der Waals surface area (Å²) in [5.41, 5.74) is 0.612. The van der Waals surface area contributed by atoms with Crippen LogP contribution in [-0.4, -0.2) is 34.5 Å². The van der Waals surface area contributed by atoms with Crippen molar-refractivity contribution in [1.82, 2.24) is 4.90 Å². The van der Waals surface area contributed by atoms with Crippen LogP contribution in [0.15, 0.2) is 28.7 Å². The van der Waals surface area contributed by atoms with E-state index in [0.29, 0.717) is 13.0 Å². The van der Waals surface area contributed by atoms with Gasteiger partial charge in [-0.15, -0.1) is 0 Å². The second kappa shape index (κ2) is 5.69. The Bertz CT molecular complexity index is 594. The fraction of sp³-hybridized carbons (Fsp3) is 0.529. The molecule has 0 aromatic heterocycles. The minimum atomic E-state index is -0.797. The topological polar surface area (TPSA) is 57.6 Å². The van der Waals surface area contributed by atoms with E-state index < -0.39 is 17.3 Å². The van der Waals surface area contributed by atoms with Crippen molar-refractivity contribution >= 4 is 27.8 Å². The van der Waals surface area contributed by atoms with E-state index in [-0.39, 0.29) is 11.9 Å². The molecule has 2 fully saturated rings. The van der Waals surface area contributed by atoms with Gasteiger partial charge in [0.2, 0.25) is 5.91 Å². The number of rotatable bonds is 3. The van der Waals surface area contributed by atoms with Crippen LogP contribution in [0.1, 0.15) is 38.2 Å². The summed E-state index contributed by atoms with van der Waals surface area (Å²) in [4.78, 5) is 26.2. The van der Waals surface area contributed by atoms with Crippen LogP contribution in [0.4, 0.5) is 0 Å². The maximum Gasteiger partial charge on any atom is 0.308 e. The average molecular weight is 366 g/mol. The molecular weight excluding hydrogens is 346 g/mol. The standard InChI is InChI=1S/C17H20BrNO3/c1-11-14(15(20)21)7-10-19(11)16(22)17(8-2-9-17)12-3-5-13(18)6-4-12/h3-6,11,14H,2,7-10H2,1H3,(H,20,21). The molecule has 0 radical (unpaired) electrons. The van der Waals surface area contributed by atoms with Crippen LogP contribution in [-0.2, 0) is 15.0 Å². The van der Waals surface area contributed by atoms with Crippen molar-refractivity contribution in [2.45, 2.75) is 44.1 Å². The molecule has 2 aliphatic rings. The summed E-state index contributed by atoms with van der Waals surface area (Å²) < 4.78 is 0.999. The lowest BCUT2D eigenvalue weighted by Gasteiger charge is -2.44. The summed E-state index contributed by atoms with van der Waals surface area (Å²) in [7, 11) is 0. The number of carbonyl (C=O) groups is 2. The van der Waals surface area contributed by atoms with Crippen LogP contribution < -0.4 is 0 Å². The molecule has 1 aliphatic heterocycles. The average Bonchev–Trinajstić information content (AvgIpc) is 2.81. The second-order valence-electron chi connectivity index (χ2n) is 6.42. The molecular formula is C17H20BrNO3. The maximum atomic E-state index is 13.1. The van der Waals surface area contributed by atoms with Gasteiger partial charge in [0.25, 0.3) is 0 Å². The fourth-order valence-electron chi connectivity index (χ4n) is 3.76. The van der Waals surface area contributed by atoms with Gasteiger partial charge < -0.3 is 10.0 Å². The molecule has 3 rings (SSSR count). The van der Waals surface area contributed by atoms with Crippen LogP contribution in [0.3, 0.4) is 0 Å². The number of halogens is 1. The number of nitrogens with zero attached hydrogens (tertiary/aromatic N) is 1. The van der Waals surface area contributed by atoms with Gasteiger partial charge in [0.15, 0.2) is 0 Å². The Hall–Kier alpha value is -1.36. The normalized spacial score (nSPS) is 26.5. The minimum absolute atomic E-state index is 0.109. The third-order valence-electron chi connectivity index (χ3n) is 5.35. The fourth-order valence-corrected chi connectivity index (χ4v) is 4.02. The van der Waals surface area contributed by atoms with E-state index in [1.807, 2.05) is 31.2 Å². The smallest absolute Gasteiger partial charge is 0.308 e. The highest BCUT2D eigenvalue weighted by Crippen LogP contribution is 2.46. The zero-order valence-corrected chi connectivity index (χ0v) is 14.2. The number of amides is 1. The Kier molecular flexibility index (Phi) is 4.02. The number of carbonyl (C=O) groups excluding carboxylic acids is 1. The third-order valence-corrected chi connectivity index (χ3v) is 5.87. The van der Waals surface area contributed by atoms with E-state index in [9.17, 15) is 14.7 Å². The Morgan fingerprint density at radius 1 is 1.27 bits per heavy atom. The highest BCUT2D eigenvalue weighted by molar-refractivity contribution is 9.10. The Balaban J connectivity index is 1.86. The van der Waals surface area contributed by atoms with Gasteiger partial charge in [-0.05, 0) is 43.9 Å². The molecule has 2 unspecified atom stereocenters. The monoisotopic (exact) mass is 365 g/mol. The highest BCUT2D eigenvalue weighted by atomic mass is 79.9. The van der Waals surface area contributed by atoms with Crippen molar-refractivity contribution in [2.24, 2.45) is 5.92 Å². The summed E-state index contributed by atoms with van der Waals surface area (Å²) in [5, 5.41) is 9.26. The van der Waals surface area contributed by atoms with Gasteiger partial charge in [0.1, 0.15) is 0 Å². The molecule has 1 saturated heterocycles. The van der Waals surface area contributed by atoms with E-state index >= 15 is 0 Å². The number of carboxylic acids is 1. The number of aliphatic carboxylic acids is 1. The summed E-state index contributed by atoms with van der Waals surface area (Å²) >= 11 is 3.43. The van der Waals surface area contributed by atoms with Crippen molar-refractivity contribution in [2.75, 3.05) is 6.54 Å². The van der Waals surface area contributed by atoms with Crippen LogP contribution in [0.25, 0.3) is 0 Å². The Morgan fingerprint density at radius 2 is 1.91 bits per heavy atom. The van der Waals surface area contributed by atoms with Crippen molar-refractivity contribution in [3.63, 3.8) is 0 Å². The molecule has 1 aromatic rings. The Labute approximate surface area is 138 Å². The molecule has 1 aromatic carbocycles. The molecule has 1 aliphatic carbocycles.